The molecule has 0 aliphatic heterocycles. The Bertz CT molecular complexity index is 619. The lowest BCUT2D eigenvalue weighted by Crippen LogP contribution is -2.25. The molecule has 0 fully saturated rings. The molecule has 0 aromatic heterocycles. The Kier molecular flexibility index (Phi) is 5.17. The van der Waals surface area contributed by atoms with Crippen molar-refractivity contribution in [1.82, 2.24) is 0 Å². The maximum Gasteiger partial charge on any atom is 0.305 e. The molecule has 0 heterocycles. The third kappa shape index (κ3) is 4.46. The molecule has 0 aliphatic rings. The molecule has 0 spiro atoms. The van der Waals surface area contributed by atoms with Gasteiger partial charge in [0.2, 0.25) is 0 Å². The zero-order chi connectivity index (χ0) is 15.2. The Labute approximate surface area is 127 Å². The van der Waals surface area contributed by atoms with Crippen molar-refractivity contribution in [3.63, 3.8) is 0 Å². The van der Waals surface area contributed by atoms with Gasteiger partial charge < -0.3 is 10.0 Å². The standard InChI is InChI=1S/C16H15ClFNO2/c17-15-10-13(18)7-6-12(15)11-19(9-8-16(20)21)14-4-2-1-3-5-14/h1-7,10H,8-9,11H2,(H,20,21). The van der Waals surface area contributed by atoms with Crippen molar-refractivity contribution in [2.75, 3.05) is 11.4 Å². The summed E-state index contributed by atoms with van der Waals surface area (Å²) in [6, 6.07) is 13.7. The molecule has 0 atom stereocenters. The minimum absolute atomic E-state index is 0.0215. The Hall–Kier alpha value is -2.07. The van der Waals surface area contributed by atoms with Gasteiger partial charge in [-0.25, -0.2) is 4.39 Å². The minimum Gasteiger partial charge on any atom is -0.481 e. The van der Waals surface area contributed by atoms with E-state index in [0.29, 0.717) is 18.1 Å². The van der Waals surface area contributed by atoms with E-state index in [4.69, 9.17) is 16.7 Å². The summed E-state index contributed by atoms with van der Waals surface area (Å²) >= 11 is 6.04. The second kappa shape index (κ2) is 7.09. The number of carbonyl (C=O) groups is 1. The number of benzene rings is 2. The summed E-state index contributed by atoms with van der Waals surface area (Å²) in [7, 11) is 0. The molecule has 2 aromatic rings. The zero-order valence-electron chi connectivity index (χ0n) is 11.3. The lowest BCUT2D eigenvalue weighted by atomic mass is 10.1. The van der Waals surface area contributed by atoms with Crippen LogP contribution in [0.5, 0.6) is 0 Å². The van der Waals surface area contributed by atoms with Crippen LogP contribution >= 0.6 is 11.6 Å². The monoisotopic (exact) mass is 307 g/mol. The molecular weight excluding hydrogens is 293 g/mol. The fourth-order valence-electron chi connectivity index (χ4n) is 2.02. The van der Waals surface area contributed by atoms with Crippen molar-refractivity contribution in [3.05, 3.63) is 64.9 Å². The highest BCUT2D eigenvalue weighted by Gasteiger charge is 2.11. The van der Waals surface area contributed by atoms with Crippen molar-refractivity contribution >= 4 is 23.3 Å². The van der Waals surface area contributed by atoms with Crippen molar-refractivity contribution < 1.29 is 14.3 Å². The fraction of sp³-hybridized carbons (Fsp3) is 0.188. The molecule has 0 radical (unpaired) electrons. The van der Waals surface area contributed by atoms with E-state index in [1.807, 2.05) is 35.2 Å². The van der Waals surface area contributed by atoms with Gasteiger partial charge in [0.25, 0.3) is 0 Å². The topological polar surface area (TPSA) is 40.5 Å². The van der Waals surface area contributed by atoms with Crippen molar-refractivity contribution in [1.29, 1.82) is 0 Å². The number of hydrogen-bond donors (Lipinski definition) is 1. The van der Waals surface area contributed by atoms with Crippen LogP contribution in [0.1, 0.15) is 12.0 Å². The molecule has 0 saturated heterocycles. The summed E-state index contributed by atoms with van der Waals surface area (Å²) in [6.45, 7) is 0.781. The molecule has 3 nitrogen and oxygen atoms in total. The average molecular weight is 308 g/mol. The van der Waals surface area contributed by atoms with Crippen LogP contribution in [0, 0.1) is 5.82 Å². The number of nitrogens with zero attached hydrogens (tertiary/aromatic N) is 1. The van der Waals surface area contributed by atoms with Gasteiger partial charge in [-0.05, 0) is 29.8 Å². The van der Waals surface area contributed by atoms with Gasteiger partial charge in [0.1, 0.15) is 5.82 Å². The summed E-state index contributed by atoms with van der Waals surface area (Å²) in [5, 5.41) is 9.20. The molecule has 1 N–H and O–H groups in total. The SMILES string of the molecule is O=C(O)CCN(Cc1ccc(F)cc1Cl)c1ccccc1. The average Bonchev–Trinajstić information content (AvgIpc) is 2.46. The maximum atomic E-state index is 13.1. The van der Waals surface area contributed by atoms with E-state index in [9.17, 15) is 9.18 Å². The van der Waals surface area contributed by atoms with Crippen LogP contribution in [0.25, 0.3) is 0 Å². The number of carboxylic acid groups (broad SMARTS) is 1. The predicted octanol–water partition coefficient (Wildman–Crippen LogP) is 3.96. The van der Waals surface area contributed by atoms with E-state index in [1.54, 1.807) is 6.07 Å². The van der Waals surface area contributed by atoms with Crippen molar-refractivity contribution in [2.45, 2.75) is 13.0 Å². The first-order chi connectivity index (χ1) is 10.1. The fourth-order valence-corrected chi connectivity index (χ4v) is 2.25. The normalized spacial score (nSPS) is 10.4. The Morgan fingerprint density at radius 3 is 2.52 bits per heavy atom. The van der Waals surface area contributed by atoms with Crippen LogP contribution in [0.2, 0.25) is 5.02 Å². The minimum atomic E-state index is -0.860. The maximum absolute atomic E-state index is 13.1. The van der Waals surface area contributed by atoms with Crippen LogP contribution < -0.4 is 4.90 Å². The molecule has 0 unspecified atom stereocenters. The zero-order valence-corrected chi connectivity index (χ0v) is 12.1. The summed E-state index contributed by atoms with van der Waals surface area (Å²) in [5.74, 6) is -1.25. The molecule has 0 bridgehead atoms. The predicted molar refractivity (Wildman–Crippen MR) is 81.2 cm³/mol. The largest absolute Gasteiger partial charge is 0.481 e. The molecular formula is C16H15ClFNO2. The number of halogens is 2. The first-order valence-electron chi connectivity index (χ1n) is 6.52. The van der Waals surface area contributed by atoms with E-state index >= 15 is 0 Å². The molecule has 0 aliphatic carbocycles. The van der Waals surface area contributed by atoms with Gasteiger partial charge >= 0.3 is 5.97 Å². The summed E-state index contributed by atoms with van der Waals surface area (Å²) in [6.07, 6.45) is 0.0215. The van der Waals surface area contributed by atoms with E-state index < -0.39 is 5.97 Å². The summed E-state index contributed by atoms with van der Waals surface area (Å²) in [4.78, 5) is 12.7. The first kappa shape index (κ1) is 15.3. The van der Waals surface area contributed by atoms with E-state index in [0.717, 1.165) is 11.3 Å². The summed E-state index contributed by atoms with van der Waals surface area (Å²) in [5.41, 5.74) is 1.66. The van der Waals surface area contributed by atoms with Crippen LogP contribution in [-0.4, -0.2) is 17.6 Å². The van der Waals surface area contributed by atoms with Crippen molar-refractivity contribution in [3.8, 4) is 0 Å². The van der Waals surface area contributed by atoms with Gasteiger partial charge in [-0.1, -0.05) is 35.9 Å². The second-order valence-corrected chi connectivity index (χ2v) is 5.04. The van der Waals surface area contributed by atoms with E-state index in [1.165, 1.54) is 12.1 Å². The van der Waals surface area contributed by atoms with Crippen LogP contribution in [0.4, 0.5) is 10.1 Å². The first-order valence-corrected chi connectivity index (χ1v) is 6.90. The lowest BCUT2D eigenvalue weighted by Gasteiger charge is -2.24. The quantitative estimate of drug-likeness (QED) is 0.878. The van der Waals surface area contributed by atoms with Crippen LogP contribution in [0.15, 0.2) is 48.5 Å². The number of para-hydroxylation sites is 1. The highest BCUT2D eigenvalue weighted by atomic mass is 35.5. The number of carboxylic acids is 1. The molecule has 2 aromatic carbocycles. The number of anilines is 1. The smallest absolute Gasteiger partial charge is 0.305 e. The third-order valence-corrected chi connectivity index (χ3v) is 3.45. The second-order valence-electron chi connectivity index (χ2n) is 4.64. The highest BCUT2D eigenvalue weighted by Crippen LogP contribution is 2.22. The van der Waals surface area contributed by atoms with Gasteiger partial charge in [0.05, 0.1) is 6.42 Å². The lowest BCUT2D eigenvalue weighted by molar-refractivity contribution is -0.136. The van der Waals surface area contributed by atoms with Gasteiger partial charge in [-0.2, -0.15) is 0 Å². The van der Waals surface area contributed by atoms with Crippen LogP contribution in [0.3, 0.4) is 0 Å². The van der Waals surface area contributed by atoms with Gasteiger partial charge in [-0.15, -0.1) is 0 Å². The van der Waals surface area contributed by atoms with Gasteiger partial charge in [-0.3, -0.25) is 4.79 Å². The van der Waals surface area contributed by atoms with E-state index in [-0.39, 0.29) is 12.2 Å². The van der Waals surface area contributed by atoms with Crippen LogP contribution in [-0.2, 0) is 11.3 Å². The molecule has 2 rings (SSSR count). The highest BCUT2D eigenvalue weighted by molar-refractivity contribution is 6.31. The Balaban J connectivity index is 2.21. The number of aliphatic carboxylic acids is 1. The molecule has 0 amide bonds. The third-order valence-electron chi connectivity index (χ3n) is 3.09. The van der Waals surface area contributed by atoms with Gasteiger partial charge in [0, 0.05) is 23.8 Å². The Morgan fingerprint density at radius 1 is 1.19 bits per heavy atom. The van der Waals surface area contributed by atoms with Crippen molar-refractivity contribution in [2.24, 2.45) is 0 Å². The molecule has 21 heavy (non-hydrogen) atoms. The Morgan fingerprint density at radius 2 is 1.90 bits per heavy atom. The molecule has 0 saturated carbocycles. The summed E-state index contributed by atoms with van der Waals surface area (Å²) < 4.78 is 13.1. The molecule has 110 valence electrons. The van der Waals surface area contributed by atoms with E-state index in [2.05, 4.69) is 0 Å². The van der Waals surface area contributed by atoms with Gasteiger partial charge in [0.15, 0.2) is 0 Å². The number of rotatable bonds is 6. The number of hydrogen-bond acceptors (Lipinski definition) is 2. The molecule has 5 heteroatoms.